The molecule has 0 bridgehead atoms. The normalized spacial score (nSPS) is 9.41. The van der Waals surface area contributed by atoms with Crippen molar-refractivity contribution in [2.24, 2.45) is 0 Å². The molecule has 4 nitrogen and oxygen atoms in total. The van der Waals surface area contributed by atoms with Crippen molar-refractivity contribution < 1.29 is 4.79 Å². The van der Waals surface area contributed by atoms with E-state index in [1.807, 2.05) is 5.40 Å². The second-order valence-corrected chi connectivity index (χ2v) is 4.31. The van der Waals surface area contributed by atoms with Gasteiger partial charge in [-0.15, -0.1) is 0 Å². The van der Waals surface area contributed by atoms with Crippen molar-refractivity contribution in [3.63, 3.8) is 0 Å². The zero-order valence-corrected chi connectivity index (χ0v) is 10.5. The van der Waals surface area contributed by atoms with E-state index in [4.69, 9.17) is 5.26 Å². The molecule has 1 aromatic rings. The van der Waals surface area contributed by atoms with Gasteiger partial charge in [-0.3, -0.25) is 0 Å². The average Bonchev–Trinajstić information content (AvgIpc) is 2.32. The lowest BCUT2D eigenvalue weighted by molar-refractivity contribution is 0.252. The Balaban J connectivity index is 2.41. The molecule has 2 N–H and O–H groups in total. The largest absolute Gasteiger partial charge is 0.338 e. The molecule has 0 atom stereocenters. The van der Waals surface area contributed by atoms with Gasteiger partial charge in [0.05, 0.1) is 0 Å². The van der Waals surface area contributed by atoms with Crippen LogP contribution in [0, 0.1) is 10.7 Å². The number of nitriles is 1. The summed E-state index contributed by atoms with van der Waals surface area (Å²) >= 11 is 1.10. The van der Waals surface area contributed by atoms with Crippen LogP contribution in [0.1, 0.15) is 19.8 Å². The van der Waals surface area contributed by atoms with Crippen LogP contribution in [0.4, 0.5) is 10.5 Å². The van der Waals surface area contributed by atoms with Crippen molar-refractivity contribution in [3.8, 4) is 5.40 Å². The van der Waals surface area contributed by atoms with E-state index in [1.54, 1.807) is 24.3 Å². The predicted molar refractivity (Wildman–Crippen MR) is 69.8 cm³/mol. The van der Waals surface area contributed by atoms with Crippen LogP contribution in [-0.4, -0.2) is 12.6 Å². The molecule has 0 aliphatic carbocycles. The third kappa shape index (κ3) is 5.27. The van der Waals surface area contributed by atoms with Crippen LogP contribution < -0.4 is 10.6 Å². The van der Waals surface area contributed by atoms with Crippen LogP contribution in [0.3, 0.4) is 0 Å². The van der Waals surface area contributed by atoms with Crippen molar-refractivity contribution >= 4 is 23.5 Å². The number of benzene rings is 1. The lowest BCUT2D eigenvalue weighted by Gasteiger charge is -2.07. The maximum absolute atomic E-state index is 11.4. The molecule has 0 radical (unpaired) electrons. The highest BCUT2D eigenvalue weighted by molar-refractivity contribution is 8.03. The summed E-state index contributed by atoms with van der Waals surface area (Å²) < 4.78 is 0. The number of urea groups is 1. The Hall–Kier alpha value is -1.67. The first kappa shape index (κ1) is 13.4. The molecule has 0 fully saturated rings. The monoisotopic (exact) mass is 249 g/mol. The van der Waals surface area contributed by atoms with Crippen LogP contribution in [0.5, 0.6) is 0 Å². The molecule has 17 heavy (non-hydrogen) atoms. The molecule has 1 rings (SSSR count). The van der Waals surface area contributed by atoms with Gasteiger partial charge in [0.1, 0.15) is 5.40 Å². The Bertz CT molecular complexity index is 397. The van der Waals surface area contributed by atoms with E-state index in [-0.39, 0.29) is 6.03 Å². The molecule has 1 aromatic carbocycles. The van der Waals surface area contributed by atoms with Gasteiger partial charge in [0, 0.05) is 17.1 Å². The summed E-state index contributed by atoms with van der Waals surface area (Å²) in [6, 6.07) is 6.96. The van der Waals surface area contributed by atoms with E-state index in [0.717, 1.165) is 35.2 Å². The highest BCUT2D eigenvalue weighted by Crippen LogP contribution is 2.18. The lowest BCUT2D eigenvalue weighted by atomic mass is 10.3. The number of amides is 2. The molecule has 0 aliphatic heterocycles. The zero-order chi connectivity index (χ0) is 12.5. The molecule has 2 amide bonds. The number of nitrogens with zero attached hydrogens (tertiary/aromatic N) is 1. The number of carbonyl (C=O) groups is 1. The first-order chi connectivity index (χ1) is 8.26. The van der Waals surface area contributed by atoms with E-state index >= 15 is 0 Å². The van der Waals surface area contributed by atoms with Crippen molar-refractivity contribution in [3.05, 3.63) is 24.3 Å². The first-order valence-corrected chi connectivity index (χ1v) is 6.28. The van der Waals surface area contributed by atoms with Gasteiger partial charge in [-0.1, -0.05) is 13.3 Å². The number of anilines is 1. The number of hydrogen-bond acceptors (Lipinski definition) is 3. The Morgan fingerprint density at radius 3 is 2.71 bits per heavy atom. The van der Waals surface area contributed by atoms with Crippen LogP contribution in [-0.2, 0) is 0 Å². The second kappa shape index (κ2) is 7.58. The van der Waals surface area contributed by atoms with Gasteiger partial charge < -0.3 is 10.6 Å². The van der Waals surface area contributed by atoms with E-state index in [1.165, 1.54) is 0 Å². The van der Waals surface area contributed by atoms with Gasteiger partial charge in [-0.2, -0.15) is 5.26 Å². The van der Waals surface area contributed by atoms with Crippen molar-refractivity contribution in [2.45, 2.75) is 24.7 Å². The standard InChI is InChI=1S/C12H15N3OS/c1-2-3-8-14-12(16)15-10-4-6-11(7-5-10)17-9-13/h4-7H,2-3,8H2,1H3,(H2,14,15,16). The van der Waals surface area contributed by atoms with E-state index in [2.05, 4.69) is 17.6 Å². The summed E-state index contributed by atoms with van der Waals surface area (Å²) in [5.74, 6) is 0. The van der Waals surface area contributed by atoms with Gasteiger partial charge in [-0.05, 0) is 42.4 Å². The number of carbonyl (C=O) groups excluding carboxylic acids is 1. The lowest BCUT2D eigenvalue weighted by Crippen LogP contribution is -2.29. The number of nitrogens with one attached hydrogen (secondary N) is 2. The molecule has 0 saturated heterocycles. The number of rotatable bonds is 5. The molecule has 0 saturated carbocycles. The SMILES string of the molecule is CCCCNC(=O)Nc1ccc(SC#N)cc1. The quantitative estimate of drug-likeness (QED) is 0.478. The predicted octanol–water partition coefficient (Wildman–Crippen LogP) is 3.18. The summed E-state index contributed by atoms with van der Waals surface area (Å²) in [7, 11) is 0. The van der Waals surface area contributed by atoms with Gasteiger partial charge >= 0.3 is 6.03 Å². The highest BCUT2D eigenvalue weighted by atomic mass is 32.2. The zero-order valence-electron chi connectivity index (χ0n) is 9.69. The summed E-state index contributed by atoms with van der Waals surface area (Å²) in [6.45, 7) is 2.76. The van der Waals surface area contributed by atoms with Gasteiger partial charge in [0.15, 0.2) is 0 Å². The first-order valence-electron chi connectivity index (χ1n) is 5.47. The molecule has 5 heteroatoms. The fourth-order valence-electron chi connectivity index (χ4n) is 1.21. The van der Waals surface area contributed by atoms with Crippen LogP contribution in [0.2, 0.25) is 0 Å². The summed E-state index contributed by atoms with van der Waals surface area (Å²) in [5.41, 5.74) is 0.723. The minimum absolute atomic E-state index is 0.195. The molecular formula is C12H15N3OS. The minimum Gasteiger partial charge on any atom is -0.338 e. The maximum atomic E-state index is 11.4. The summed E-state index contributed by atoms with van der Waals surface area (Å²) in [5, 5.41) is 16.0. The number of thiocyanates is 1. The number of unbranched alkanes of at least 4 members (excludes halogenated alkanes) is 1. The third-order valence-corrected chi connectivity index (χ3v) is 2.69. The minimum atomic E-state index is -0.195. The Morgan fingerprint density at radius 2 is 2.12 bits per heavy atom. The third-order valence-electron chi connectivity index (χ3n) is 2.09. The van der Waals surface area contributed by atoms with E-state index in [0.29, 0.717) is 6.54 Å². The van der Waals surface area contributed by atoms with Crippen LogP contribution in [0.15, 0.2) is 29.2 Å². The van der Waals surface area contributed by atoms with E-state index in [9.17, 15) is 4.79 Å². The van der Waals surface area contributed by atoms with Crippen LogP contribution in [0.25, 0.3) is 0 Å². The van der Waals surface area contributed by atoms with Gasteiger partial charge in [0.2, 0.25) is 0 Å². The molecule has 90 valence electrons. The van der Waals surface area contributed by atoms with E-state index < -0.39 is 0 Å². The second-order valence-electron chi connectivity index (χ2n) is 3.45. The number of hydrogen-bond donors (Lipinski definition) is 2. The van der Waals surface area contributed by atoms with Crippen molar-refractivity contribution in [2.75, 3.05) is 11.9 Å². The summed E-state index contributed by atoms with van der Waals surface area (Å²) in [6.07, 6.45) is 2.03. The fraction of sp³-hybridized carbons (Fsp3) is 0.333. The Labute approximate surface area is 105 Å². The molecule has 0 spiro atoms. The average molecular weight is 249 g/mol. The summed E-state index contributed by atoms with van der Waals surface area (Å²) in [4.78, 5) is 12.3. The Kier molecular flexibility index (Phi) is 5.97. The van der Waals surface area contributed by atoms with Gasteiger partial charge in [0.25, 0.3) is 0 Å². The number of thioether (sulfide) groups is 1. The molecule has 0 aromatic heterocycles. The van der Waals surface area contributed by atoms with Crippen molar-refractivity contribution in [1.82, 2.24) is 5.32 Å². The maximum Gasteiger partial charge on any atom is 0.319 e. The van der Waals surface area contributed by atoms with Crippen molar-refractivity contribution in [1.29, 1.82) is 5.26 Å². The Morgan fingerprint density at radius 1 is 1.41 bits per heavy atom. The molecular weight excluding hydrogens is 234 g/mol. The molecule has 0 aliphatic rings. The topological polar surface area (TPSA) is 64.9 Å². The van der Waals surface area contributed by atoms with Crippen LogP contribution >= 0.6 is 11.8 Å². The fourth-order valence-corrected chi connectivity index (χ4v) is 1.59. The smallest absolute Gasteiger partial charge is 0.319 e. The molecule has 0 heterocycles. The molecule has 0 unspecified atom stereocenters. The van der Waals surface area contributed by atoms with Gasteiger partial charge in [-0.25, -0.2) is 4.79 Å². The highest BCUT2D eigenvalue weighted by Gasteiger charge is 2.00.